The van der Waals surface area contributed by atoms with Crippen molar-refractivity contribution >= 4 is 50.8 Å². The van der Waals surface area contributed by atoms with Crippen LogP contribution >= 0.6 is 34.3 Å². The topological polar surface area (TPSA) is 54.7 Å². The molecule has 5 nitrogen and oxygen atoms in total. The highest BCUT2D eigenvalue weighted by atomic mass is 35.5. The number of nitrogens with zero attached hydrogens (tertiary/aromatic N) is 3. The first kappa shape index (κ1) is 17.0. The first-order valence-corrected chi connectivity index (χ1v) is 9.72. The van der Waals surface area contributed by atoms with Crippen molar-refractivity contribution in [2.75, 3.05) is 11.9 Å². The predicted octanol–water partition coefficient (Wildman–Crippen LogP) is 4.41. The Bertz CT molecular complexity index is 1160. The summed E-state index contributed by atoms with van der Waals surface area (Å²) in [5, 5.41) is 1.85. The van der Waals surface area contributed by atoms with Gasteiger partial charge in [-0.2, -0.15) is 0 Å². The molecule has 3 aromatic heterocycles. The molecule has 0 bridgehead atoms. The SMILES string of the molecule is CN(C(=O)c1cnc2scc(-c3ccc(Cl)s3)n2c1=O)c1ccccc1. The molecule has 0 saturated carbocycles. The van der Waals surface area contributed by atoms with Gasteiger partial charge in [-0.05, 0) is 24.3 Å². The van der Waals surface area contributed by atoms with Crippen molar-refractivity contribution in [3.05, 3.63) is 74.3 Å². The average molecular weight is 402 g/mol. The summed E-state index contributed by atoms with van der Waals surface area (Å²) in [7, 11) is 1.64. The summed E-state index contributed by atoms with van der Waals surface area (Å²) in [5.74, 6) is -0.399. The molecule has 0 atom stereocenters. The first-order valence-electron chi connectivity index (χ1n) is 7.64. The van der Waals surface area contributed by atoms with Crippen LogP contribution in [0.2, 0.25) is 4.34 Å². The third-order valence-corrected chi connectivity index (χ3v) is 6.04. The lowest BCUT2D eigenvalue weighted by Gasteiger charge is -2.16. The molecule has 0 saturated heterocycles. The fourth-order valence-electron chi connectivity index (χ4n) is 2.61. The van der Waals surface area contributed by atoms with E-state index in [9.17, 15) is 9.59 Å². The number of rotatable bonds is 3. The summed E-state index contributed by atoms with van der Waals surface area (Å²) in [4.78, 5) is 33.0. The summed E-state index contributed by atoms with van der Waals surface area (Å²) in [6, 6.07) is 12.8. The minimum atomic E-state index is -0.399. The van der Waals surface area contributed by atoms with E-state index in [2.05, 4.69) is 4.98 Å². The molecule has 1 aromatic carbocycles. The Morgan fingerprint density at radius 1 is 1.19 bits per heavy atom. The molecule has 3 heterocycles. The van der Waals surface area contributed by atoms with Gasteiger partial charge in [-0.25, -0.2) is 9.38 Å². The second kappa shape index (κ2) is 6.68. The molecule has 130 valence electrons. The maximum absolute atomic E-state index is 13.0. The fraction of sp³-hybridized carbons (Fsp3) is 0.0556. The molecule has 0 aliphatic carbocycles. The monoisotopic (exact) mass is 401 g/mol. The molecular weight excluding hydrogens is 390 g/mol. The van der Waals surface area contributed by atoms with Crippen LogP contribution in [0.4, 0.5) is 5.69 Å². The predicted molar refractivity (Wildman–Crippen MR) is 107 cm³/mol. The van der Waals surface area contributed by atoms with Gasteiger partial charge in [0.2, 0.25) is 0 Å². The Labute approximate surface area is 161 Å². The third kappa shape index (κ3) is 2.84. The summed E-state index contributed by atoms with van der Waals surface area (Å²) >= 11 is 8.74. The van der Waals surface area contributed by atoms with E-state index < -0.39 is 5.91 Å². The highest BCUT2D eigenvalue weighted by Crippen LogP contribution is 2.32. The lowest BCUT2D eigenvalue weighted by molar-refractivity contribution is 0.0991. The average Bonchev–Trinajstić information content (AvgIpc) is 3.28. The van der Waals surface area contributed by atoms with Crippen LogP contribution in [0.3, 0.4) is 0 Å². The van der Waals surface area contributed by atoms with Crippen molar-refractivity contribution < 1.29 is 4.79 Å². The van der Waals surface area contributed by atoms with Gasteiger partial charge in [0.25, 0.3) is 11.5 Å². The molecule has 0 unspecified atom stereocenters. The number of benzene rings is 1. The highest BCUT2D eigenvalue weighted by molar-refractivity contribution is 7.20. The van der Waals surface area contributed by atoms with Gasteiger partial charge in [-0.1, -0.05) is 29.8 Å². The van der Waals surface area contributed by atoms with Crippen LogP contribution in [0.5, 0.6) is 0 Å². The van der Waals surface area contributed by atoms with Crippen LogP contribution in [0.1, 0.15) is 10.4 Å². The van der Waals surface area contributed by atoms with Crippen molar-refractivity contribution in [2.24, 2.45) is 0 Å². The molecule has 0 N–H and O–H groups in total. The number of amides is 1. The van der Waals surface area contributed by atoms with Crippen LogP contribution in [-0.4, -0.2) is 22.3 Å². The largest absolute Gasteiger partial charge is 0.311 e. The van der Waals surface area contributed by atoms with Crippen LogP contribution in [0.15, 0.2) is 58.8 Å². The van der Waals surface area contributed by atoms with Crippen molar-refractivity contribution in [3.63, 3.8) is 0 Å². The van der Waals surface area contributed by atoms with E-state index in [1.807, 2.05) is 41.8 Å². The van der Waals surface area contributed by atoms with E-state index in [-0.39, 0.29) is 11.1 Å². The molecule has 8 heteroatoms. The number of para-hydroxylation sites is 1. The Kier molecular flexibility index (Phi) is 4.36. The molecule has 0 radical (unpaired) electrons. The van der Waals surface area contributed by atoms with Gasteiger partial charge in [0.1, 0.15) is 5.56 Å². The number of fused-ring (bicyclic) bond motifs is 1. The van der Waals surface area contributed by atoms with E-state index in [1.54, 1.807) is 13.1 Å². The normalized spacial score (nSPS) is 11.0. The summed E-state index contributed by atoms with van der Waals surface area (Å²) in [6.07, 6.45) is 1.35. The smallest absolute Gasteiger partial charge is 0.271 e. The number of halogens is 1. The lowest BCUT2D eigenvalue weighted by Crippen LogP contribution is -2.33. The van der Waals surface area contributed by atoms with E-state index in [1.165, 1.54) is 38.2 Å². The van der Waals surface area contributed by atoms with E-state index in [0.29, 0.717) is 20.7 Å². The van der Waals surface area contributed by atoms with E-state index in [0.717, 1.165) is 4.88 Å². The van der Waals surface area contributed by atoms with Gasteiger partial charge in [0, 0.05) is 24.3 Å². The molecule has 26 heavy (non-hydrogen) atoms. The number of carbonyl (C=O) groups excluding carboxylic acids is 1. The molecule has 0 fully saturated rings. The van der Waals surface area contributed by atoms with Crippen LogP contribution in [0, 0.1) is 0 Å². The zero-order chi connectivity index (χ0) is 18.3. The van der Waals surface area contributed by atoms with Gasteiger partial charge in [-0.15, -0.1) is 22.7 Å². The number of hydrogen-bond acceptors (Lipinski definition) is 5. The molecule has 0 spiro atoms. The van der Waals surface area contributed by atoms with Crippen LogP contribution < -0.4 is 10.5 Å². The van der Waals surface area contributed by atoms with Gasteiger partial charge in [0.05, 0.1) is 14.9 Å². The molecule has 1 amide bonds. The minimum Gasteiger partial charge on any atom is -0.311 e. The number of aromatic nitrogens is 2. The van der Waals surface area contributed by atoms with Crippen molar-refractivity contribution in [1.29, 1.82) is 0 Å². The Morgan fingerprint density at radius 3 is 2.65 bits per heavy atom. The van der Waals surface area contributed by atoms with E-state index in [4.69, 9.17) is 11.6 Å². The lowest BCUT2D eigenvalue weighted by atomic mass is 10.2. The summed E-state index contributed by atoms with van der Waals surface area (Å²) in [5.41, 5.74) is 1.04. The van der Waals surface area contributed by atoms with Gasteiger partial charge >= 0.3 is 0 Å². The fourth-order valence-corrected chi connectivity index (χ4v) is 4.59. The van der Waals surface area contributed by atoms with Gasteiger partial charge in [0.15, 0.2) is 4.96 Å². The van der Waals surface area contributed by atoms with Crippen molar-refractivity contribution in [3.8, 4) is 10.6 Å². The number of anilines is 1. The number of thiazole rings is 1. The molecule has 0 aliphatic rings. The van der Waals surface area contributed by atoms with Crippen molar-refractivity contribution in [1.82, 2.24) is 9.38 Å². The first-order chi connectivity index (χ1) is 12.6. The standard InChI is InChI=1S/C18H12ClN3O2S2/c1-21(11-5-3-2-4-6-11)16(23)12-9-20-18-22(17(12)24)13(10-25-18)14-7-8-15(19)26-14/h2-10H,1H3. The van der Waals surface area contributed by atoms with Crippen LogP contribution in [-0.2, 0) is 0 Å². The highest BCUT2D eigenvalue weighted by Gasteiger charge is 2.21. The Morgan fingerprint density at radius 2 is 1.96 bits per heavy atom. The van der Waals surface area contributed by atoms with Crippen LogP contribution in [0.25, 0.3) is 15.5 Å². The molecule has 0 aliphatic heterocycles. The quantitative estimate of drug-likeness (QED) is 0.510. The summed E-state index contributed by atoms with van der Waals surface area (Å²) in [6.45, 7) is 0. The Hall–Kier alpha value is -2.48. The maximum Gasteiger partial charge on any atom is 0.271 e. The zero-order valence-electron chi connectivity index (χ0n) is 13.5. The maximum atomic E-state index is 13.0. The van der Waals surface area contributed by atoms with Gasteiger partial charge in [-0.3, -0.25) is 9.59 Å². The van der Waals surface area contributed by atoms with Crippen molar-refractivity contribution in [2.45, 2.75) is 0 Å². The summed E-state index contributed by atoms with van der Waals surface area (Å²) < 4.78 is 2.11. The van der Waals surface area contributed by atoms with E-state index >= 15 is 0 Å². The second-order valence-corrected chi connectivity index (χ2v) is 8.07. The second-order valence-electron chi connectivity index (χ2n) is 5.52. The van der Waals surface area contributed by atoms with Gasteiger partial charge < -0.3 is 4.90 Å². The zero-order valence-corrected chi connectivity index (χ0v) is 15.9. The Balaban J connectivity index is 1.83. The number of thiophene rings is 1. The third-order valence-electron chi connectivity index (χ3n) is 3.95. The number of hydrogen-bond donors (Lipinski definition) is 0. The molecule has 4 aromatic rings. The number of carbonyl (C=O) groups is 1. The molecular formula is C18H12ClN3O2S2. The molecule has 4 rings (SSSR count). The minimum absolute atomic E-state index is 0.0242.